The SMILES string of the molecule is CN=C(NCCCOCC1CCOC1)NCc1ccc(-n2ccnc2)c(F)c1.I. The largest absolute Gasteiger partial charge is 0.381 e. The number of aromatic nitrogens is 2. The van der Waals surface area contributed by atoms with Gasteiger partial charge < -0.3 is 24.7 Å². The van der Waals surface area contributed by atoms with E-state index in [1.807, 2.05) is 6.07 Å². The highest BCUT2D eigenvalue weighted by Gasteiger charge is 2.15. The highest BCUT2D eigenvalue weighted by atomic mass is 127. The van der Waals surface area contributed by atoms with E-state index in [0.717, 1.165) is 44.8 Å². The lowest BCUT2D eigenvalue weighted by Gasteiger charge is -2.13. The normalized spacial score (nSPS) is 16.5. The molecule has 0 saturated carbocycles. The van der Waals surface area contributed by atoms with E-state index in [-0.39, 0.29) is 29.8 Å². The minimum absolute atomic E-state index is 0. The summed E-state index contributed by atoms with van der Waals surface area (Å²) in [6, 6.07) is 5.16. The molecule has 29 heavy (non-hydrogen) atoms. The summed E-state index contributed by atoms with van der Waals surface area (Å²) >= 11 is 0. The van der Waals surface area contributed by atoms with Crippen molar-refractivity contribution in [2.45, 2.75) is 19.4 Å². The zero-order valence-electron chi connectivity index (χ0n) is 16.6. The van der Waals surface area contributed by atoms with Crippen LogP contribution in [0.5, 0.6) is 0 Å². The molecule has 1 aliphatic heterocycles. The Morgan fingerprint density at radius 3 is 3.00 bits per heavy atom. The van der Waals surface area contributed by atoms with Gasteiger partial charge in [0.25, 0.3) is 0 Å². The van der Waals surface area contributed by atoms with Gasteiger partial charge in [-0.2, -0.15) is 0 Å². The number of hydrogen-bond donors (Lipinski definition) is 2. The highest BCUT2D eigenvalue weighted by Crippen LogP contribution is 2.15. The number of imidazole rings is 1. The molecular formula is C20H29FIN5O2. The molecule has 9 heteroatoms. The van der Waals surface area contributed by atoms with E-state index in [1.54, 1.807) is 36.4 Å². The summed E-state index contributed by atoms with van der Waals surface area (Å²) in [6.07, 6.45) is 6.90. The van der Waals surface area contributed by atoms with E-state index in [1.165, 1.54) is 6.07 Å². The summed E-state index contributed by atoms with van der Waals surface area (Å²) in [4.78, 5) is 8.14. The standard InChI is InChI=1S/C20H28FN5O2.HI/c1-22-20(24-6-2-9-27-13-17-5-10-28-14-17)25-12-16-3-4-19(18(21)11-16)26-8-7-23-15-26;/h3-4,7-8,11,15,17H,2,5-6,9-10,12-14H2,1H3,(H2,22,24,25);1H. The van der Waals surface area contributed by atoms with Crippen LogP contribution in [0.1, 0.15) is 18.4 Å². The molecule has 7 nitrogen and oxygen atoms in total. The van der Waals surface area contributed by atoms with Crippen LogP contribution in [-0.2, 0) is 16.0 Å². The van der Waals surface area contributed by atoms with E-state index >= 15 is 0 Å². The zero-order chi connectivity index (χ0) is 19.6. The lowest BCUT2D eigenvalue weighted by molar-refractivity contribution is 0.0888. The first kappa shape index (κ1) is 23.6. The van der Waals surface area contributed by atoms with Gasteiger partial charge >= 0.3 is 0 Å². The first-order chi connectivity index (χ1) is 13.8. The lowest BCUT2D eigenvalue weighted by Crippen LogP contribution is -2.37. The second-order valence-electron chi connectivity index (χ2n) is 6.77. The molecule has 2 heterocycles. The molecular weight excluding hydrogens is 488 g/mol. The van der Waals surface area contributed by atoms with Crippen LogP contribution < -0.4 is 10.6 Å². The smallest absolute Gasteiger partial charge is 0.191 e. The molecule has 1 saturated heterocycles. The Morgan fingerprint density at radius 2 is 2.31 bits per heavy atom. The highest BCUT2D eigenvalue weighted by molar-refractivity contribution is 14.0. The van der Waals surface area contributed by atoms with Crippen LogP contribution >= 0.6 is 24.0 Å². The van der Waals surface area contributed by atoms with Crippen LogP contribution in [0.3, 0.4) is 0 Å². The Labute approximate surface area is 188 Å². The van der Waals surface area contributed by atoms with Gasteiger partial charge in [-0.3, -0.25) is 4.99 Å². The van der Waals surface area contributed by atoms with Gasteiger partial charge in [-0.1, -0.05) is 6.07 Å². The van der Waals surface area contributed by atoms with Crippen molar-refractivity contribution in [2.24, 2.45) is 10.9 Å². The van der Waals surface area contributed by atoms with Crippen molar-refractivity contribution < 1.29 is 13.9 Å². The number of ether oxygens (including phenoxy) is 2. The summed E-state index contributed by atoms with van der Waals surface area (Å²) in [5, 5.41) is 6.44. The number of nitrogens with one attached hydrogen (secondary N) is 2. The first-order valence-electron chi connectivity index (χ1n) is 9.63. The van der Waals surface area contributed by atoms with Crippen LogP contribution in [-0.4, -0.2) is 55.5 Å². The van der Waals surface area contributed by atoms with Gasteiger partial charge in [-0.15, -0.1) is 24.0 Å². The van der Waals surface area contributed by atoms with Gasteiger partial charge in [0.05, 0.1) is 25.2 Å². The van der Waals surface area contributed by atoms with Crippen LogP contribution in [0, 0.1) is 11.7 Å². The fourth-order valence-electron chi connectivity index (χ4n) is 3.02. The Bertz CT molecular complexity index is 751. The van der Waals surface area contributed by atoms with Gasteiger partial charge in [0.1, 0.15) is 5.82 Å². The van der Waals surface area contributed by atoms with Crippen molar-refractivity contribution in [1.29, 1.82) is 0 Å². The zero-order valence-corrected chi connectivity index (χ0v) is 19.0. The van der Waals surface area contributed by atoms with Gasteiger partial charge in [-0.05, 0) is 30.5 Å². The first-order valence-corrected chi connectivity index (χ1v) is 9.63. The summed E-state index contributed by atoms with van der Waals surface area (Å²) in [7, 11) is 1.72. The lowest BCUT2D eigenvalue weighted by atomic mass is 10.1. The molecule has 0 amide bonds. The molecule has 3 rings (SSSR count). The third kappa shape index (κ3) is 7.56. The van der Waals surface area contributed by atoms with Crippen molar-refractivity contribution in [3.05, 3.63) is 48.3 Å². The second kappa shape index (κ2) is 12.8. The monoisotopic (exact) mass is 517 g/mol. The summed E-state index contributed by atoms with van der Waals surface area (Å²) < 4.78 is 27.0. The van der Waals surface area contributed by atoms with Crippen LogP contribution in [0.2, 0.25) is 0 Å². The van der Waals surface area contributed by atoms with Crippen molar-refractivity contribution in [1.82, 2.24) is 20.2 Å². The maximum absolute atomic E-state index is 14.3. The Kier molecular flexibility index (Phi) is 10.4. The maximum Gasteiger partial charge on any atom is 0.191 e. The predicted octanol–water partition coefficient (Wildman–Crippen LogP) is 2.74. The maximum atomic E-state index is 14.3. The van der Waals surface area contributed by atoms with Gasteiger partial charge in [-0.25, -0.2) is 9.37 Å². The molecule has 1 fully saturated rings. The molecule has 1 unspecified atom stereocenters. The molecule has 2 aromatic rings. The molecule has 2 N–H and O–H groups in total. The second-order valence-corrected chi connectivity index (χ2v) is 6.77. The molecule has 0 bridgehead atoms. The average Bonchev–Trinajstić information content (AvgIpc) is 3.41. The minimum Gasteiger partial charge on any atom is -0.381 e. The quantitative estimate of drug-likeness (QED) is 0.232. The molecule has 0 radical (unpaired) electrons. The van der Waals surface area contributed by atoms with Crippen LogP contribution in [0.4, 0.5) is 4.39 Å². The fourth-order valence-corrected chi connectivity index (χ4v) is 3.02. The molecule has 1 atom stereocenters. The van der Waals surface area contributed by atoms with Gasteiger partial charge in [0.2, 0.25) is 0 Å². The number of guanidine groups is 1. The number of rotatable bonds is 9. The fraction of sp³-hybridized carbons (Fsp3) is 0.500. The van der Waals surface area contributed by atoms with E-state index in [0.29, 0.717) is 30.7 Å². The number of benzene rings is 1. The van der Waals surface area contributed by atoms with E-state index in [2.05, 4.69) is 20.6 Å². The third-order valence-electron chi connectivity index (χ3n) is 4.61. The molecule has 1 aromatic carbocycles. The molecule has 160 valence electrons. The van der Waals surface area contributed by atoms with Crippen LogP contribution in [0.15, 0.2) is 41.9 Å². The van der Waals surface area contributed by atoms with Crippen molar-refractivity contribution in [3.8, 4) is 5.69 Å². The van der Waals surface area contributed by atoms with Gasteiger partial charge in [0.15, 0.2) is 5.96 Å². The van der Waals surface area contributed by atoms with Crippen LogP contribution in [0.25, 0.3) is 5.69 Å². The van der Waals surface area contributed by atoms with Crippen molar-refractivity contribution in [3.63, 3.8) is 0 Å². The average molecular weight is 517 g/mol. The molecule has 0 spiro atoms. The molecule has 1 aromatic heterocycles. The van der Waals surface area contributed by atoms with Crippen molar-refractivity contribution >= 4 is 29.9 Å². The Morgan fingerprint density at radius 1 is 1.41 bits per heavy atom. The van der Waals surface area contributed by atoms with Crippen molar-refractivity contribution in [2.75, 3.05) is 40.0 Å². The molecule has 0 aliphatic carbocycles. The summed E-state index contributed by atoms with van der Waals surface area (Å²) in [5.74, 6) is 0.941. The van der Waals surface area contributed by atoms with E-state index < -0.39 is 0 Å². The summed E-state index contributed by atoms with van der Waals surface area (Å²) in [5.41, 5.74) is 1.32. The summed E-state index contributed by atoms with van der Waals surface area (Å²) in [6.45, 7) is 4.40. The topological polar surface area (TPSA) is 72.7 Å². The Balaban J connectivity index is 0.00000300. The van der Waals surface area contributed by atoms with Gasteiger partial charge in [0, 0.05) is 51.7 Å². The number of halogens is 2. The van der Waals surface area contributed by atoms with E-state index in [4.69, 9.17) is 9.47 Å². The minimum atomic E-state index is -0.287. The Hall–Kier alpha value is -1.72. The predicted molar refractivity (Wildman–Crippen MR) is 122 cm³/mol. The van der Waals surface area contributed by atoms with E-state index in [9.17, 15) is 4.39 Å². The number of hydrogen-bond acceptors (Lipinski definition) is 4. The number of nitrogens with zero attached hydrogens (tertiary/aromatic N) is 3. The third-order valence-corrected chi connectivity index (χ3v) is 4.61. The number of aliphatic imine (C=N–C) groups is 1. The molecule has 1 aliphatic rings.